The Morgan fingerprint density at radius 1 is 1.31 bits per heavy atom. The molecule has 1 N–H and O–H groups in total. The predicted molar refractivity (Wildman–Crippen MR) is 70.2 cm³/mol. The highest BCUT2D eigenvalue weighted by Crippen LogP contribution is 2.17. The van der Waals surface area contributed by atoms with E-state index in [0.29, 0.717) is 6.04 Å². The Kier molecular flexibility index (Phi) is 5.99. The lowest BCUT2D eigenvalue weighted by atomic mass is 10.0. The van der Waals surface area contributed by atoms with Gasteiger partial charge in [-0.05, 0) is 50.1 Å². The molecule has 1 atom stereocenters. The van der Waals surface area contributed by atoms with Crippen LogP contribution in [-0.4, -0.2) is 13.1 Å². The predicted octanol–water partition coefficient (Wildman–Crippen LogP) is 3.91. The van der Waals surface area contributed by atoms with E-state index in [-0.39, 0.29) is 5.82 Å². The molecule has 0 aromatic heterocycles. The van der Waals surface area contributed by atoms with Crippen LogP contribution in [0.25, 0.3) is 0 Å². The summed E-state index contributed by atoms with van der Waals surface area (Å²) in [5.41, 5.74) is 1.06. The third-order valence-corrected chi connectivity index (χ3v) is 3.21. The van der Waals surface area contributed by atoms with Gasteiger partial charge < -0.3 is 5.32 Å². The summed E-state index contributed by atoms with van der Waals surface area (Å²) in [7, 11) is 1.99. The van der Waals surface area contributed by atoms with Crippen molar-refractivity contribution in [1.29, 1.82) is 0 Å². The fourth-order valence-corrected chi connectivity index (χ4v) is 2.39. The highest BCUT2D eigenvalue weighted by atomic mass is 79.9. The first-order valence-electron chi connectivity index (χ1n) is 5.78. The Balaban J connectivity index is 2.52. The van der Waals surface area contributed by atoms with Crippen molar-refractivity contribution in [3.8, 4) is 0 Å². The average molecular weight is 288 g/mol. The summed E-state index contributed by atoms with van der Waals surface area (Å²) in [6.45, 7) is 2.18. The number of nitrogens with one attached hydrogen (secondary N) is 1. The average Bonchev–Trinajstić information content (AvgIpc) is 2.23. The second kappa shape index (κ2) is 7.02. The SMILES string of the molecule is CCCC(CCc1cc(F)cc(Br)c1)NC. The summed E-state index contributed by atoms with van der Waals surface area (Å²) in [4.78, 5) is 0. The number of hydrogen-bond acceptors (Lipinski definition) is 1. The van der Waals surface area contributed by atoms with Crippen molar-refractivity contribution >= 4 is 15.9 Å². The lowest BCUT2D eigenvalue weighted by Gasteiger charge is -2.15. The molecule has 3 heteroatoms. The standard InChI is InChI=1S/C13H19BrFN/c1-3-4-13(16-2)6-5-10-7-11(14)9-12(15)8-10/h7-9,13,16H,3-6H2,1-2H3. The van der Waals surface area contributed by atoms with Crippen molar-refractivity contribution in [1.82, 2.24) is 5.32 Å². The van der Waals surface area contributed by atoms with Crippen LogP contribution in [0.3, 0.4) is 0 Å². The Hall–Kier alpha value is -0.410. The summed E-state index contributed by atoms with van der Waals surface area (Å²) < 4.78 is 14.0. The molecule has 1 aromatic rings. The smallest absolute Gasteiger partial charge is 0.124 e. The van der Waals surface area contributed by atoms with Crippen molar-refractivity contribution in [2.45, 2.75) is 38.6 Å². The topological polar surface area (TPSA) is 12.0 Å². The monoisotopic (exact) mass is 287 g/mol. The van der Waals surface area contributed by atoms with Crippen molar-refractivity contribution < 1.29 is 4.39 Å². The number of benzene rings is 1. The van der Waals surface area contributed by atoms with E-state index < -0.39 is 0 Å². The van der Waals surface area contributed by atoms with Crippen LogP contribution >= 0.6 is 15.9 Å². The van der Waals surface area contributed by atoms with Crippen LogP contribution in [0.4, 0.5) is 4.39 Å². The number of rotatable bonds is 6. The highest BCUT2D eigenvalue weighted by molar-refractivity contribution is 9.10. The minimum Gasteiger partial charge on any atom is -0.317 e. The van der Waals surface area contributed by atoms with Gasteiger partial charge in [0, 0.05) is 10.5 Å². The van der Waals surface area contributed by atoms with E-state index in [1.54, 1.807) is 6.07 Å². The molecule has 0 fully saturated rings. The van der Waals surface area contributed by atoms with E-state index in [2.05, 4.69) is 28.2 Å². The molecule has 1 aromatic carbocycles. The molecule has 1 unspecified atom stereocenters. The second-order valence-corrected chi connectivity index (χ2v) is 5.01. The van der Waals surface area contributed by atoms with Crippen LogP contribution in [0.1, 0.15) is 31.7 Å². The highest BCUT2D eigenvalue weighted by Gasteiger charge is 2.06. The first-order chi connectivity index (χ1) is 7.65. The van der Waals surface area contributed by atoms with Crippen LogP contribution in [0.5, 0.6) is 0 Å². The van der Waals surface area contributed by atoms with Crippen LogP contribution < -0.4 is 5.32 Å². The van der Waals surface area contributed by atoms with Crippen molar-refractivity contribution in [2.24, 2.45) is 0 Å². The second-order valence-electron chi connectivity index (χ2n) is 4.09. The van der Waals surface area contributed by atoms with E-state index in [4.69, 9.17) is 0 Å². The molecule has 0 amide bonds. The first kappa shape index (κ1) is 13.7. The molecule has 16 heavy (non-hydrogen) atoms. The maximum absolute atomic E-state index is 13.1. The summed E-state index contributed by atoms with van der Waals surface area (Å²) in [5, 5.41) is 3.30. The molecule has 0 saturated heterocycles. The fraction of sp³-hybridized carbons (Fsp3) is 0.538. The summed E-state index contributed by atoms with van der Waals surface area (Å²) in [5.74, 6) is -0.166. The maximum Gasteiger partial charge on any atom is 0.124 e. The van der Waals surface area contributed by atoms with Gasteiger partial charge in [0.25, 0.3) is 0 Å². The molecule has 0 heterocycles. The molecule has 0 aliphatic rings. The van der Waals surface area contributed by atoms with E-state index >= 15 is 0 Å². The quantitative estimate of drug-likeness (QED) is 0.837. The molecule has 0 aliphatic carbocycles. The Morgan fingerprint density at radius 3 is 2.62 bits per heavy atom. The van der Waals surface area contributed by atoms with Gasteiger partial charge in [-0.25, -0.2) is 4.39 Å². The summed E-state index contributed by atoms with van der Waals surface area (Å²) in [6, 6.07) is 5.63. The van der Waals surface area contributed by atoms with Gasteiger partial charge >= 0.3 is 0 Å². The molecular formula is C13H19BrFN. The minimum absolute atomic E-state index is 0.166. The van der Waals surface area contributed by atoms with E-state index in [1.165, 1.54) is 18.9 Å². The van der Waals surface area contributed by atoms with Crippen molar-refractivity contribution in [2.75, 3.05) is 7.05 Å². The Bertz CT molecular complexity index is 307. The Labute approximate surface area is 106 Å². The van der Waals surface area contributed by atoms with E-state index in [9.17, 15) is 4.39 Å². The van der Waals surface area contributed by atoms with Crippen LogP contribution in [0.2, 0.25) is 0 Å². The van der Waals surface area contributed by atoms with Crippen LogP contribution in [0, 0.1) is 5.82 Å². The number of hydrogen-bond donors (Lipinski definition) is 1. The normalized spacial score (nSPS) is 12.8. The van der Waals surface area contributed by atoms with Gasteiger partial charge in [-0.3, -0.25) is 0 Å². The molecule has 0 bridgehead atoms. The molecular weight excluding hydrogens is 269 g/mol. The van der Waals surface area contributed by atoms with Crippen LogP contribution in [0.15, 0.2) is 22.7 Å². The summed E-state index contributed by atoms with van der Waals surface area (Å²) in [6.07, 6.45) is 4.33. The molecule has 90 valence electrons. The van der Waals surface area contributed by atoms with Gasteiger partial charge in [0.15, 0.2) is 0 Å². The molecule has 1 rings (SSSR count). The van der Waals surface area contributed by atoms with Gasteiger partial charge in [-0.1, -0.05) is 29.3 Å². The van der Waals surface area contributed by atoms with E-state index in [1.807, 2.05) is 13.1 Å². The zero-order chi connectivity index (χ0) is 12.0. The first-order valence-corrected chi connectivity index (χ1v) is 6.57. The molecule has 0 aliphatic heterocycles. The molecule has 1 nitrogen and oxygen atoms in total. The van der Waals surface area contributed by atoms with Gasteiger partial charge in [-0.2, -0.15) is 0 Å². The Morgan fingerprint density at radius 2 is 2.06 bits per heavy atom. The zero-order valence-electron chi connectivity index (χ0n) is 9.89. The lowest BCUT2D eigenvalue weighted by Crippen LogP contribution is -2.25. The fourth-order valence-electron chi connectivity index (χ4n) is 1.88. The van der Waals surface area contributed by atoms with E-state index in [0.717, 1.165) is 22.9 Å². The van der Waals surface area contributed by atoms with Gasteiger partial charge in [-0.15, -0.1) is 0 Å². The third kappa shape index (κ3) is 4.62. The van der Waals surface area contributed by atoms with Gasteiger partial charge in [0.2, 0.25) is 0 Å². The molecule has 0 radical (unpaired) electrons. The maximum atomic E-state index is 13.1. The zero-order valence-corrected chi connectivity index (χ0v) is 11.5. The van der Waals surface area contributed by atoms with Gasteiger partial charge in [0.05, 0.1) is 0 Å². The van der Waals surface area contributed by atoms with Crippen molar-refractivity contribution in [3.63, 3.8) is 0 Å². The summed E-state index contributed by atoms with van der Waals surface area (Å²) >= 11 is 3.31. The van der Waals surface area contributed by atoms with Crippen LogP contribution in [-0.2, 0) is 6.42 Å². The lowest BCUT2D eigenvalue weighted by molar-refractivity contribution is 0.483. The third-order valence-electron chi connectivity index (χ3n) is 2.75. The molecule has 0 saturated carbocycles. The van der Waals surface area contributed by atoms with Crippen molar-refractivity contribution in [3.05, 3.63) is 34.1 Å². The molecule has 0 spiro atoms. The largest absolute Gasteiger partial charge is 0.317 e. The number of halogens is 2. The number of aryl methyl sites for hydroxylation is 1. The van der Waals surface area contributed by atoms with Gasteiger partial charge in [0.1, 0.15) is 5.82 Å². The minimum atomic E-state index is -0.166.